The van der Waals surface area contributed by atoms with Crippen LogP contribution in [0.4, 0.5) is 16.2 Å². The summed E-state index contributed by atoms with van der Waals surface area (Å²) in [5, 5.41) is 5.87. The van der Waals surface area contributed by atoms with Gasteiger partial charge in [0.2, 0.25) is 0 Å². The predicted octanol–water partition coefficient (Wildman–Crippen LogP) is 3.66. The highest BCUT2D eigenvalue weighted by atomic mass is 16.6. The van der Waals surface area contributed by atoms with Crippen molar-refractivity contribution in [3.8, 4) is 0 Å². The minimum atomic E-state index is -0.513. The molecule has 2 aromatic rings. The number of hydrogen-bond acceptors (Lipinski definition) is 6. The van der Waals surface area contributed by atoms with Crippen molar-refractivity contribution in [3.05, 3.63) is 72.1 Å². The molecule has 1 heterocycles. The summed E-state index contributed by atoms with van der Waals surface area (Å²) in [6.45, 7) is 7.75. The molecule has 0 radical (unpaired) electrons. The largest absolute Gasteiger partial charge is 0.444 e. The first kappa shape index (κ1) is 25.0. The van der Waals surface area contributed by atoms with E-state index < -0.39 is 5.60 Å². The Morgan fingerprint density at radius 1 is 1.15 bits per heavy atom. The van der Waals surface area contributed by atoms with E-state index in [0.29, 0.717) is 12.2 Å². The van der Waals surface area contributed by atoms with Gasteiger partial charge in [-0.05, 0) is 57.0 Å². The average Bonchev–Trinajstić information content (AvgIpc) is 3.28. The maximum Gasteiger partial charge on any atom is 0.410 e. The number of hydrogen-bond donors (Lipinski definition) is 3. The van der Waals surface area contributed by atoms with Crippen molar-refractivity contribution in [1.29, 1.82) is 0 Å². The Balaban J connectivity index is 1.49. The van der Waals surface area contributed by atoms with Gasteiger partial charge in [0.25, 0.3) is 5.91 Å². The fourth-order valence-electron chi connectivity index (χ4n) is 3.67. The molecule has 4 N–H and O–H groups in total. The van der Waals surface area contributed by atoms with Gasteiger partial charge in [-0.1, -0.05) is 30.3 Å². The van der Waals surface area contributed by atoms with E-state index in [-0.39, 0.29) is 23.7 Å². The van der Waals surface area contributed by atoms with Gasteiger partial charge in [-0.25, -0.2) is 4.79 Å². The number of ether oxygens (including phenoxy) is 1. The van der Waals surface area contributed by atoms with Crippen LogP contribution in [0.3, 0.4) is 0 Å². The van der Waals surface area contributed by atoms with Gasteiger partial charge in [0.1, 0.15) is 11.3 Å². The molecular weight excluding hydrogens is 430 g/mol. The van der Waals surface area contributed by atoms with Crippen molar-refractivity contribution in [2.24, 2.45) is 5.73 Å². The van der Waals surface area contributed by atoms with Crippen LogP contribution >= 0.6 is 0 Å². The number of amides is 2. The van der Waals surface area contributed by atoms with Crippen molar-refractivity contribution in [1.82, 2.24) is 10.2 Å². The SMILES string of the molecule is CN(C(=O)OC(C)(C)C)C1CCN(c2ccc(NC(=O)/C(N)=C/NCc3ccccc3)cc2)C1. The fraction of sp³-hybridized carbons (Fsp3) is 0.385. The van der Waals surface area contributed by atoms with Gasteiger partial charge in [0.15, 0.2) is 0 Å². The van der Waals surface area contributed by atoms with Gasteiger partial charge in [-0.2, -0.15) is 0 Å². The molecule has 182 valence electrons. The number of carbonyl (C=O) groups excluding carboxylic acids is 2. The van der Waals surface area contributed by atoms with E-state index in [4.69, 9.17) is 10.5 Å². The summed E-state index contributed by atoms with van der Waals surface area (Å²) in [5.41, 5.74) is 8.29. The molecule has 34 heavy (non-hydrogen) atoms. The van der Waals surface area contributed by atoms with Crippen LogP contribution in [-0.2, 0) is 16.1 Å². The summed E-state index contributed by atoms with van der Waals surface area (Å²) >= 11 is 0. The molecule has 1 saturated heterocycles. The Kier molecular flexibility index (Phi) is 8.04. The molecule has 2 amide bonds. The third-order valence-corrected chi connectivity index (χ3v) is 5.55. The lowest BCUT2D eigenvalue weighted by Crippen LogP contribution is -2.42. The zero-order chi connectivity index (χ0) is 24.7. The fourth-order valence-corrected chi connectivity index (χ4v) is 3.67. The summed E-state index contributed by atoms with van der Waals surface area (Å²) in [6.07, 6.45) is 2.08. The molecule has 1 unspecified atom stereocenters. The van der Waals surface area contributed by atoms with Crippen LogP contribution in [0, 0.1) is 0 Å². The summed E-state index contributed by atoms with van der Waals surface area (Å²) in [5.74, 6) is -0.367. The van der Waals surface area contributed by atoms with E-state index in [1.54, 1.807) is 11.9 Å². The molecule has 1 aliphatic heterocycles. The topological polar surface area (TPSA) is 99.9 Å². The number of likely N-dealkylation sites (N-methyl/N-ethyl adjacent to an activating group) is 1. The number of nitrogens with two attached hydrogens (primary N) is 1. The number of benzene rings is 2. The zero-order valence-electron chi connectivity index (χ0n) is 20.4. The summed E-state index contributed by atoms with van der Waals surface area (Å²) < 4.78 is 5.48. The molecule has 3 rings (SSSR count). The molecule has 0 aromatic heterocycles. The molecule has 1 aliphatic rings. The number of carbonyl (C=O) groups is 2. The Hall–Kier alpha value is -3.68. The van der Waals surface area contributed by atoms with Crippen LogP contribution in [0.15, 0.2) is 66.5 Å². The quantitative estimate of drug-likeness (QED) is 0.540. The first-order valence-corrected chi connectivity index (χ1v) is 11.5. The standard InChI is InChI=1S/C26H35N5O3/c1-26(2,3)34-25(33)30(4)22-14-15-31(18-22)21-12-10-20(11-13-21)29-24(32)23(27)17-28-16-19-8-6-5-7-9-19/h5-13,17,22,28H,14-16,18,27H2,1-4H3,(H,29,32)/b23-17-. The molecule has 0 spiro atoms. The van der Waals surface area contributed by atoms with Crippen LogP contribution in [0.2, 0.25) is 0 Å². The lowest BCUT2D eigenvalue weighted by molar-refractivity contribution is -0.112. The van der Waals surface area contributed by atoms with E-state index in [9.17, 15) is 9.59 Å². The van der Waals surface area contributed by atoms with Crippen molar-refractivity contribution in [3.63, 3.8) is 0 Å². The van der Waals surface area contributed by atoms with Crippen LogP contribution < -0.4 is 21.3 Å². The highest BCUT2D eigenvalue weighted by Crippen LogP contribution is 2.25. The van der Waals surface area contributed by atoms with E-state index in [1.165, 1.54) is 6.20 Å². The molecule has 0 bridgehead atoms. The first-order chi connectivity index (χ1) is 16.1. The molecular formula is C26H35N5O3. The number of rotatable bonds is 7. The van der Waals surface area contributed by atoms with Crippen molar-refractivity contribution < 1.29 is 14.3 Å². The minimum Gasteiger partial charge on any atom is -0.444 e. The second-order valence-corrected chi connectivity index (χ2v) is 9.45. The zero-order valence-corrected chi connectivity index (χ0v) is 20.4. The smallest absolute Gasteiger partial charge is 0.410 e. The predicted molar refractivity (Wildman–Crippen MR) is 135 cm³/mol. The monoisotopic (exact) mass is 465 g/mol. The number of nitrogens with zero attached hydrogens (tertiary/aromatic N) is 2. The summed E-state index contributed by atoms with van der Waals surface area (Å²) in [4.78, 5) is 28.6. The van der Waals surface area contributed by atoms with Gasteiger partial charge in [0, 0.05) is 44.3 Å². The van der Waals surface area contributed by atoms with E-state index in [2.05, 4.69) is 15.5 Å². The third-order valence-electron chi connectivity index (χ3n) is 5.55. The van der Waals surface area contributed by atoms with Gasteiger partial charge in [-0.3, -0.25) is 4.79 Å². The highest BCUT2D eigenvalue weighted by Gasteiger charge is 2.31. The lowest BCUT2D eigenvalue weighted by atomic mass is 10.2. The normalized spacial score (nSPS) is 16.2. The van der Waals surface area contributed by atoms with E-state index in [1.807, 2.05) is 75.4 Å². The van der Waals surface area contributed by atoms with Crippen LogP contribution in [0.1, 0.15) is 32.8 Å². The third kappa shape index (κ3) is 7.16. The Morgan fingerprint density at radius 3 is 2.47 bits per heavy atom. The second-order valence-electron chi connectivity index (χ2n) is 9.45. The Labute approximate surface area is 201 Å². The van der Waals surface area contributed by atoms with E-state index >= 15 is 0 Å². The molecule has 0 saturated carbocycles. The van der Waals surface area contributed by atoms with Crippen LogP contribution in [0.25, 0.3) is 0 Å². The van der Waals surface area contributed by atoms with Gasteiger partial charge < -0.3 is 30.9 Å². The van der Waals surface area contributed by atoms with Gasteiger partial charge in [0.05, 0.1) is 6.04 Å². The molecule has 1 fully saturated rings. The average molecular weight is 466 g/mol. The molecule has 0 aliphatic carbocycles. The van der Waals surface area contributed by atoms with Gasteiger partial charge >= 0.3 is 6.09 Å². The second kappa shape index (κ2) is 11.0. The van der Waals surface area contributed by atoms with Crippen molar-refractivity contribution >= 4 is 23.4 Å². The highest BCUT2D eigenvalue weighted by molar-refractivity contribution is 6.03. The Bertz CT molecular complexity index is 999. The van der Waals surface area contributed by atoms with E-state index in [0.717, 1.165) is 30.8 Å². The molecule has 1 atom stereocenters. The lowest BCUT2D eigenvalue weighted by Gasteiger charge is -2.28. The molecule has 8 heteroatoms. The van der Waals surface area contributed by atoms with Crippen molar-refractivity contribution in [2.45, 2.75) is 45.4 Å². The van der Waals surface area contributed by atoms with Crippen LogP contribution in [-0.4, -0.2) is 48.7 Å². The summed E-state index contributed by atoms with van der Waals surface area (Å²) in [6, 6.07) is 17.6. The Morgan fingerprint density at radius 2 is 1.82 bits per heavy atom. The number of anilines is 2. The summed E-state index contributed by atoms with van der Waals surface area (Å²) in [7, 11) is 1.79. The van der Waals surface area contributed by atoms with Crippen LogP contribution in [0.5, 0.6) is 0 Å². The minimum absolute atomic E-state index is 0.0857. The van der Waals surface area contributed by atoms with Crippen molar-refractivity contribution in [2.75, 3.05) is 30.4 Å². The number of nitrogens with one attached hydrogen (secondary N) is 2. The molecule has 2 aromatic carbocycles. The van der Waals surface area contributed by atoms with Gasteiger partial charge in [-0.15, -0.1) is 0 Å². The maximum absolute atomic E-state index is 12.4. The first-order valence-electron chi connectivity index (χ1n) is 11.5. The molecule has 8 nitrogen and oxygen atoms in total. The maximum atomic E-state index is 12.4.